The minimum absolute atomic E-state index is 0.0687. The van der Waals surface area contributed by atoms with Crippen molar-refractivity contribution < 1.29 is 22.0 Å². The third-order valence-corrected chi connectivity index (χ3v) is 2.24. The summed E-state index contributed by atoms with van der Waals surface area (Å²) in [5, 5.41) is 0. The molecule has 1 aromatic heterocycles. The molecule has 0 N–H and O–H groups in total. The van der Waals surface area contributed by atoms with E-state index >= 15 is 0 Å². The fourth-order valence-corrected chi connectivity index (χ4v) is 1.44. The van der Waals surface area contributed by atoms with Crippen LogP contribution in [0, 0.1) is 0 Å². The number of anilines is 1. The lowest BCUT2D eigenvalue weighted by Crippen LogP contribution is -2.56. The van der Waals surface area contributed by atoms with E-state index in [1.165, 1.54) is 0 Å². The van der Waals surface area contributed by atoms with Gasteiger partial charge in [0.15, 0.2) is 0 Å². The molecule has 88 valence electrons. The lowest BCUT2D eigenvalue weighted by atomic mass is 10.1. The maximum absolute atomic E-state index is 12.5. The molecule has 2 heterocycles. The summed E-state index contributed by atoms with van der Waals surface area (Å²) >= 11 is 0. The summed E-state index contributed by atoms with van der Waals surface area (Å²) in [7, 11) is 0. The summed E-state index contributed by atoms with van der Waals surface area (Å²) < 4.78 is 62.0. The van der Waals surface area contributed by atoms with Gasteiger partial charge in [0.1, 0.15) is 5.82 Å². The Morgan fingerprint density at radius 2 is 1.88 bits per heavy atom. The van der Waals surface area contributed by atoms with Crippen LogP contribution in [0.3, 0.4) is 0 Å². The van der Waals surface area contributed by atoms with Crippen LogP contribution in [0.2, 0.25) is 0 Å². The van der Waals surface area contributed by atoms with Crippen molar-refractivity contribution in [3.63, 3.8) is 0 Å². The molecule has 0 unspecified atom stereocenters. The fourth-order valence-electron chi connectivity index (χ4n) is 1.44. The van der Waals surface area contributed by atoms with Gasteiger partial charge < -0.3 is 4.90 Å². The van der Waals surface area contributed by atoms with Crippen molar-refractivity contribution in [2.75, 3.05) is 18.0 Å². The van der Waals surface area contributed by atoms with Crippen molar-refractivity contribution >= 4 is 5.82 Å². The number of alkyl halides is 5. The molecule has 1 aliphatic rings. The Labute approximate surface area is 87.7 Å². The van der Waals surface area contributed by atoms with Gasteiger partial charge in [-0.25, -0.2) is 13.8 Å². The van der Waals surface area contributed by atoms with Crippen LogP contribution in [0.4, 0.5) is 27.8 Å². The third kappa shape index (κ3) is 2.07. The maximum atomic E-state index is 12.5. The Bertz CT molecular complexity index is 393. The zero-order chi connectivity index (χ0) is 12.0. The smallest absolute Gasteiger partial charge is 0.344 e. The molecule has 0 radical (unpaired) electrons. The zero-order valence-corrected chi connectivity index (χ0v) is 7.93. The number of hydrogen-bond donors (Lipinski definition) is 0. The van der Waals surface area contributed by atoms with Gasteiger partial charge in [-0.2, -0.15) is 13.2 Å². The van der Waals surface area contributed by atoms with Crippen LogP contribution < -0.4 is 4.90 Å². The number of aromatic nitrogens is 1. The minimum atomic E-state index is -4.48. The highest BCUT2D eigenvalue weighted by molar-refractivity contribution is 5.45. The quantitative estimate of drug-likeness (QED) is 0.699. The zero-order valence-electron chi connectivity index (χ0n) is 7.93. The lowest BCUT2D eigenvalue weighted by molar-refractivity contribution is -0.137. The first-order chi connectivity index (χ1) is 7.28. The van der Waals surface area contributed by atoms with Crippen molar-refractivity contribution in [3.05, 3.63) is 23.9 Å². The molecule has 0 aromatic carbocycles. The number of halogens is 5. The highest BCUT2D eigenvalue weighted by Crippen LogP contribution is 2.34. The second-order valence-electron chi connectivity index (χ2n) is 3.61. The maximum Gasteiger partial charge on any atom is 0.416 e. The fraction of sp³-hybridized carbons (Fsp3) is 0.444. The summed E-state index contributed by atoms with van der Waals surface area (Å²) in [5.74, 6) is -2.89. The van der Waals surface area contributed by atoms with Crippen molar-refractivity contribution in [2.24, 2.45) is 0 Å². The van der Waals surface area contributed by atoms with Crippen LogP contribution in [0.15, 0.2) is 18.3 Å². The van der Waals surface area contributed by atoms with Crippen molar-refractivity contribution in [2.45, 2.75) is 12.1 Å². The Hall–Kier alpha value is -1.40. The average molecular weight is 238 g/mol. The summed E-state index contributed by atoms with van der Waals surface area (Å²) in [5.41, 5.74) is -0.882. The van der Waals surface area contributed by atoms with Gasteiger partial charge in [-0.15, -0.1) is 0 Å². The molecule has 0 bridgehead atoms. The molecule has 2 rings (SSSR count). The highest BCUT2D eigenvalue weighted by atomic mass is 19.4. The normalized spacial score (nSPS) is 19.4. The molecule has 0 saturated carbocycles. The van der Waals surface area contributed by atoms with Crippen LogP contribution >= 0.6 is 0 Å². The first-order valence-corrected chi connectivity index (χ1v) is 4.44. The summed E-state index contributed by atoms with van der Waals surface area (Å²) in [6, 6.07) is 1.58. The van der Waals surface area contributed by atoms with Gasteiger partial charge in [-0.1, -0.05) is 0 Å². The SMILES string of the molecule is FC1(F)CN(c2cc(C(F)(F)F)ccn2)C1. The van der Waals surface area contributed by atoms with Gasteiger partial charge in [-0.05, 0) is 12.1 Å². The summed E-state index contributed by atoms with van der Waals surface area (Å²) in [6.07, 6.45) is -3.51. The van der Waals surface area contributed by atoms with E-state index in [9.17, 15) is 22.0 Å². The molecule has 16 heavy (non-hydrogen) atoms. The standard InChI is InChI=1S/C9H7F5N2/c10-8(11)4-16(5-8)7-3-6(1-2-15-7)9(12,13)14/h1-3H,4-5H2. The van der Waals surface area contributed by atoms with Gasteiger partial charge in [-0.3, -0.25) is 0 Å². The van der Waals surface area contributed by atoms with Crippen molar-refractivity contribution in [3.8, 4) is 0 Å². The van der Waals surface area contributed by atoms with E-state index in [-0.39, 0.29) is 5.82 Å². The monoisotopic (exact) mass is 238 g/mol. The minimum Gasteiger partial charge on any atom is -0.344 e. The third-order valence-electron chi connectivity index (χ3n) is 2.24. The van der Waals surface area contributed by atoms with Crippen LogP contribution in [0.1, 0.15) is 5.56 Å². The molecule has 0 spiro atoms. The van der Waals surface area contributed by atoms with Gasteiger partial charge in [0.05, 0.1) is 18.7 Å². The van der Waals surface area contributed by atoms with E-state index in [1.807, 2.05) is 0 Å². The predicted octanol–water partition coefficient (Wildman–Crippen LogP) is 2.56. The largest absolute Gasteiger partial charge is 0.416 e. The van der Waals surface area contributed by atoms with Gasteiger partial charge in [0.2, 0.25) is 0 Å². The number of hydrogen-bond acceptors (Lipinski definition) is 2. The summed E-state index contributed by atoms with van der Waals surface area (Å²) in [6.45, 7) is -1.16. The first kappa shape index (κ1) is 11.1. The van der Waals surface area contributed by atoms with E-state index in [4.69, 9.17) is 0 Å². The second-order valence-corrected chi connectivity index (χ2v) is 3.61. The topological polar surface area (TPSA) is 16.1 Å². The van der Waals surface area contributed by atoms with E-state index < -0.39 is 30.8 Å². The van der Waals surface area contributed by atoms with Gasteiger partial charge in [0.25, 0.3) is 5.92 Å². The molecular weight excluding hydrogens is 231 g/mol. The molecule has 0 aliphatic carbocycles. The predicted molar refractivity (Wildman–Crippen MR) is 46.4 cm³/mol. The highest BCUT2D eigenvalue weighted by Gasteiger charge is 2.45. The van der Waals surface area contributed by atoms with Crippen molar-refractivity contribution in [1.29, 1.82) is 0 Å². The van der Waals surface area contributed by atoms with Crippen LogP contribution in [-0.2, 0) is 6.18 Å². The van der Waals surface area contributed by atoms with E-state index in [0.717, 1.165) is 23.2 Å². The molecule has 1 aromatic rings. The van der Waals surface area contributed by atoms with Gasteiger partial charge in [0, 0.05) is 6.20 Å². The molecule has 1 saturated heterocycles. The number of pyridine rings is 1. The Morgan fingerprint density at radius 1 is 1.25 bits per heavy atom. The Morgan fingerprint density at radius 3 is 2.38 bits per heavy atom. The molecule has 7 heteroatoms. The first-order valence-electron chi connectivity index (χ1n) is 4.44. The molecule has 2 nitrogen and oxygen atoms in total. The molecule has 0 amide bonds. The van der Waals surface area contributed by atoms with E-state index in [1.54, 1.807) is 0 Å². The molecule has 0 atom stereocenters. The number of rotatable bonds is 1. The number of nitrogens with zero attached hydrogens (tertiary/aromatic N) is 2. The lowest BCUT2D eigenvalue weighted by Gasteiger charge is -2.39. The van der Waals surface area contributed by atoms with Crippen LogP contribution in [0.25, 0.3) is 0 Å². The Kier molecular flexibility index (Phi) is 2.28. The van der Waals surface area contributed by atoms with Crippen LogP contribution in [-0.4, -0.2) is 24.0 Å². The average Bonchev–Trinajstić information content (AvgIpc) is 2.13. The van der Waals surface area contributed by atoms with E-state index in [2.05, 4.69) is 4.98 Å². The van der Waals surface area contributed by atoms with Gasteiger partial charge >= 0.3 is 6.18 Å². The Balaban J connectivity index is 2.18. The van der Waals surface area contributed by atoms with E-state index in [0.29, 0.717) is 0 Å². The molecular formula is C9H7F5N2. The molecule has 1 fully saturated rings. The van der Waals surface area contributed by atoms with Crippen molar-refractivity contribution in [1.82, 2.24) is 4.98 Å². The molecule has 1 aliphatic heterocycles. The van der Waals surface area contributed by atoms with Crippen LogP contribution in [0.5, 0.6) is 0 Å². The summed E-state index contributed by atoms with van der Waals surface area (Å²) in [4.78, 5) is 4.74. The second kappa shape index (κ2) is 3.29.